The van der Waals surface area contributed by atoms with Gasteiger partial charge >= 0.3 is 11.7 Å². The Bertz CT molecular complexity index is 1210. The molecule has 0 spiro atoms. The van der Waals surface area contributed by atoms with E-state index in [0.29, 0.717) is 11.3 Å². The number of aromatic nitrogens is 2. The van der Waals surface area contributed by atoms with Gasteiger partial charge in [0, 0.05) is 12.1 Å². The molecule has 1 aromatic carbocycles. The minimum atomic E-state index is -1.69. The fourth-order valence-corrected chi connectivity index (χ4v) is 3.29. The number of hydrogen-bond donors (Lipinski definition) is 4. The van der Waals surface area contributed by atoms with E-state index in [-0.39, 0.29) is 30.4 Å². The van der Waals surface area contributed by atoms with Crippen LogP contribution in [0.3, 0.4) is 0 Å². The number of nitrogen functional groups attached to an aromatic ring is 1. The van der Waals surface area contributed by atoms with Crippen LogP contribution in [0.25, 0.3) is 0 Å². The molecular weight excluding hydrogens is 392 g/mol. The highest BCUT2D eigenvalue weighted by Gasteiger charge is 2.48. The van der Waals surface area contributed by atoms with Crippen molar-refractivity contribution in [1.29, 1.82) is 0 Å². The van der Waals surface area contributed by atoms with Crippen LogP contribution in [-0.2, 0) is 11.3 Å². The second kappa shape index (κ2) is 6.93. The summed E-state index contributed by atoms with van der Waals surface area (Å²) in [7, 11) is 1.50. The van der Waals surface area contributed by atoms with E-state index in [9.17, 15) is 19.2 Å². The molecule has 30 heavy (non-hydrogen) atoms. The number of nitrogens with one attached hydrogen (secondary N) is 3. The van der Waals surface area contributed by atoms with E-state index in [1.807, 2.05) is 0 Å². The van der Waals surface area contributed by atoms with Crippen LogP contribution in [0.4, 0.5) is 10.6 Å². The van der Waals surface area contributed by atoms with Gasteiger partial charge in [-0.15, -0.1) is 0 Å². The number of anilines is 1. The zero-order valence-corrected chi connectivity index (χ0v) is 15.7. The number of hydrogen-bond acceptors (Lipinski definition) is 7. The van der Waals surface area contributed by atoms with Crippen molar-refractivity contribution in [2.45, 2.75) is 12.1 Å². The van der Waals surface area contributed by atoms with E-state index in [1.165, 1.54) is 12.0 Å². The maximum Gasteiger partial charge on any atom is 0.346 e. The summed E-state index contributed by atoms with van der Waals surface area (Å²) in [5.41, 5.74) is 4.77. The van der Waals surface area contributed by atoms with Crippen LogP contribution in [0.2, 0.25) is 0 Å². The van der Waals surface area contributed by atoms with Crippen LogP contribution in [-0.4, -0.2) is 51.9 Å². The Morgan fingerprint density at radius 2 is 2.10 bits per heavy atom. The number of nitrogens with zero attached hydrogens (tertiary/aromatic N) is 2. The molecule has 4 amide bonds. The van der Waals surface area contributed by atoms with Crippen molar-refractivity contribution >= 4 is 23.7 Å². The van der Waals surface area contributed by atoms with Gasteiger partial charge in [0.25, 0.3) is 11.8 Å². The zero-order chi connectivity index (χ0) is 21.5. The fourth-order valence-electron chi connectivity index (χ4n) is 3.29. The van der Waals surface area contributed by atoms with E-state index in [4.69, 9.17) is 10.5 Å². The third-order valence-corrected chi connectivity index (χ3v) is 4.82. The molecule has 1 fully saturated rings. The molecule has 11 heteroatoms. The number of rotatable bonds is 3. The number of carbonyl (C=O) groups excluding carboxylic acids is 3. The van der Waals surface area contributed by atoms with Crippen molar-refractivity contribution in [2.75, 3.05) is 19.4 Å². The quantitative estimate of drug-likeness (QED) is 0.372. The van der Waals surface area contributed by atoms with Crippen molar-refractivity contribution < 1.29 is 19.1 Å². The van der Waals surface area contributed by atoms with Crippen LogP contribution in [0.5, 0.6) is 5.75 Å². The molecule has 1 saturated heterocycles. The molecule has 2 aliphatic rings. The number of urea groups is 1. The lowest BCUT2D eigenvalue weighted by molar-refractivity contribution is -0.122. The van der Waals surface area contributed by atoms with Crippen molar-refractivity contribution in [3.63, 3.8) is 0 Å². The van der Waals surface area contributed by atoms with Gasteiger partial charge in [0.1, 0.15) is 11.6 Å². The first-order chi connectivity index (χ1) is 14.3. The third kappa shape index (κ3) is 3.20. The van der Waals surface area contributed by atoms with E-state index in [2.05, 4.69) is 32.4 Å². The molecule has 4 rings (SSSR count). The first kappa shape index (κ1) is 19.0. The average molecular weight is 408 g/mol. The van der Waals surface area contributed by atoms with Gasteiger partial charge in [0.2, 0.25) is 5.54 Å². The Kier molecular flexibility index (Phi) is 4.39. The molecule has 5 N–H and O–H groups in total. The van der Waals surface area contributed by atoms with Crippen LogP contribution in [0.15, 0.2) is 29.2 Å². The van der Waals surface area contributed by atoms with Crippen molar-refractivity contribution in [1.82, 2.24) is 25.5 Å². The topological polar surface area (TPSA) is 160 Å². The second-order valence-electron chi connectivity index (χ2n) is 6.76. The van der Waals surface area contributed by atoms with E-state index >= 15 is 0 Å². The highest BCUT2D eigenvalue weighted by molar-refractivity contribution is 6.10. The smallest absolute Gasteiger partial charge is 0.346 e. The Balaban J connectivity index is 1.67. The lowest BCUT2D eigenvalue weighted by atomic mass is 9.99. The van der Waals surface area contributed by atoms with Crippen LogP contribution >= 0.6 is 0 Å². The Hall–Kier alpha value is -4.33. The Morgan fingerprint density at radius 3 is 2.77 bits per heavy atom. The molecule has 1 atom stereocenters. The van der Waals surface area contributed by atoms with Crippen LogP contribution in [0, 0.1) is 11.8 Å². The molecule has 11 nitrogen and oxygen atoms in total. The van der Waals surface area contributed by atoms with Gasteiger partial charge < -0.3 is 20.7 Å². The number of nitrogens with two attached hydrogens (primary N) is 1. The summed E-state index contributed by atoms with van der Waals surface area (Å²) in [6.07, 6.45) is 1.16. The van der Waals surface area contributed by atoms with E-state index < -0.39 is 23.2 Å². The summed E-state index contributed by atoms with van der Waals surface area (Å²) in [6.45, 7) is 0.0528. The number of aromatic amines is 1. The number of methoxy groups -OCH3 is 1. The second-order valence-corrected chi connectivity index (χ2v) is 6.76. The Labute approximate surface area is 169 Å². The molecule has 152 valence electrons. The van der Waals surface area contributed by atoms with Crippen LogP contribution < -0.4 is 26.8 Å². The summed E-state index contributed by atoms with van der Waals surface area (Å²) in [4.78, 5) is 55.7. The first-order valence-electron chi connectivity index (χ1n) is 8.79. The minimum Gasteiger partial charge on any atom is -0.497 e. The normalized spacial score (nSPS) is 19.6. The van der Waals surface area contributed by atoms with Crippen LogP contribution in [0.1, 0.15) is 21.5 Å². The largest absolute Gasteiger partial charge is 0.497 e. The van der Waals surface area contributed by atoms with Crippen molar-refractivity contribution in [2.24, 2.45) is 0 Å². The molecule has 0 aliphatic carbocycles. The summed E-state index contributed by atoms with van der Waals surface area (Å²) in [5, 5.41) is 4.63. The first-order valence-corrected chi connectivity index (χ1v) is 8.79. The standard InChI is InChI=1S/C19H16N6O5/c1-30-12-3-2-11-8-25(15(26)13(11)6-12)9-19(16(27)23-18(29)24-19)5-4-10-7-21-17(28)22-14(10)20/h2-3,6-7H,8-9H2,1H3,(H3,20,21,22,28)(H2,23,24,27,29)/t19-/m1/s1. The zero-order valence-electron chi connectivity index (χ0n) is 15.7. The molecular formula is C19H16N6O5. The molecule has 2 aliphatic heterocycles. The van der Waals surface area contributed by atoms with Gasteiger partial charge in [-0.05, 0) is 17.7 Å². The average Bonchev–Trinajstić information content (AvgIpc) is 3.16. The van der Waals surface area contributed by atoms with Gasteiger partial charge in [-0.2, -0.15) is 0 Å². The van der Waals surface area contributed by atoms with Gasteiger partial charge in [0.15, 0.2) is 0 Å². The lowest BCUT2D eigenvalue weighted by Gasteiger charge is -2.26. The molecule has 0 bridgehead atoms. The number of imide groups is 1. The molecule has 0 radical (unpaired) electrons. The summed E-state index contributed by atoms with van der Waals surface area (Å²) in [5.74, 6) is 4.85. The van der Waals surface area contributed by atoms with Gasteiger partial charge in [-0.25, -0.2) is 14.6 Å². The Morgan fingerprint density at radius 1 is 1.30 bits per heavy atom. The van der Waals surface area contributed by atoms with E-state index in [0.717, 1.165) is 11.8 Å². The minimum absolute atomic E-state index is 0.0286. The lowest BCUT2D eigenvalue weighted by Crippen LogP contribution is -2.54. The highest BCUT2D eigenvalue weighted by atomic mass is 16.5. The third-order valence-electron chi connectivity index (χ3n) is 4.82. The van der Waals surface area contributed by atoms with Gasteiger partial charge in [-0.3, -0.25) is 19.9 Å². The predicted octanol–water partition coefficient (Wildman–Crippen LogP) is -1.05. The number of H-pyrrole nitrogens is 1. The maximum atomic E-state index is 12.9. The highest BCUT2D eigenvalue weighted by Crippen LogP contribution is 2.28. The summed E-state index contributed by atoms with van der Waals surface area (Å²) < 4.78 is 5.16. The monoisotopic (exact) mass is 408 g/mol. The SMILES string of the molecule is COc1ccc2c(c1)C(=O)N(C[C@@]1(C#Cc3cnc(=O)[nH]c3N)NC(=O)NC1=O)C2. The molecule has 1 aromatic heterocycles. The summed E-state index contributed by atoms with van der Waals surface area (Å²) >= 11 is 0. The molecule has 0 unspecified atom stereocenters. The number of benzene rings is 1. The van der Waals surface area contributed by atoms with E-state index in [1.54, 1.807) is 18.2 Å². The molecule has 0 saturated carbocycles. The molecule has 2 aromatic rings. The fraction of sp³-hybridized carbons (Fsp3) is 0.211. The van der Waals surface area contributed by atoms with Crippen molar-refractivity contribution in [3.8, 4) is 17.6 Å². The maximum absolute atomic E-state index is 12.9. The van der Waals surface area contributed by atoms with Crippen molar-refractivity contribution in [3.05, 3.63) is 51.6 Å². The summed E-state index contributed by atoms with van der Waals surface area (Å²) in [6, 6.07) is 4.40. The number of carbonyl (C=O) groups is 3. The number of fused-ring (bicyclic) bond motifs is 1. The molecule has 3 heterocycles. The van der Waals surface area contributed by atoms with Gasteiger partial charge in [-0.1, -0.05) is 17.9 Å². The van der Waals surface area contributed by atoms with Gasteiger partial charge in [0.05, 0.1) is 25.4 Å². The number of amides is 4. The number of ether oxygens (including phenoxy) is 1. The predicted molar refractivity (Wildman–Crippen MR) is 103 cm³/mol.